The van der Waals surface area contributed by atoms with E-state index in [9.17, 15) is 0 Å². The molecular weight excluding hydrogens is 210 g/mol. The number of hydrogen-bond acceptors (Lipinski definition) is 3. The van der Waals surface area contributed by atoms with Crippen molar-refractivity contribution >= 4 is 11.4 Å². The third-order valence-electron chi connectivity index (χ3n) is 3.66. The molecule has 0 saturated carbocycles. The molecule has 1 saturated heterocycles. The van der Waals surface area contributed by atoms with Gasteiger partial charge in [0.25, 0.3) is 0 Å². The van der Waals surface area contributed by atoms with Crippen LogP contribution in [-0.4, -0.2) is 44.7 Å². The molecule has 1 heterocycles. The minimum atomic E-state index is 1.15. The summed E-state index contributed by atoms with van der Waals surface area (Å²) in [5.41, 5.74) is 3.90. The van der Waals surface area contributed by atoms with Gasteiger partial charge in [0.05, 0.1) is 0 Å². The van der Waals surface area contributed by atoms with Crippen LogP contribution in [-0.2, 0) is 0 Å². The molecule has 1 fully saturated rings. The van der Waals surface area contributed by atoms with Crippen LogP contribution < -0.4 is 10.2 Å². The smallest absolute Gasteiger partial charge is 0.0371 e. The van der Waals surface area contributed by atoms with Gasteiger partial charge in [0.15, 0.2) is 0 Å². The normalized spacial score (nSPS) is 17.2. The van der Waals surface area contributed by atoms with E-state index in [0.29, 0.717) is 0 Å². The highest BCUT2D eigenvalue weighted by molar-refractivity contribution is 5.60. The topological polar surface area (TPSA) is 18.5 Å². The highest BCUT2D eigenvalue weighted by atomic mass is 15.3. The van der Waals surface area contributed by atoms with Crippen molar-refractivity contribution in [3.63, 3.8) is 0 Å². The van der Waals surface area contributed by atoms with E-state index in [2.05, 4.69) is 47.2 Å². The molecule has 2 rings (SSSR count). The second-order valence-corrected chi connectivity index (χ2v) is 4.67. The third kappa shape index (κ3) is 2.72. The molecule has 94 valence electrons. The van der Waals surface area contributed by atoms with Crippen LogP contribution >= 0.6 is 0 Å². The Balaban J connectivity index is 2.06. The average molecular weight is 233 g/mol. The first-order valence-electron chi connectivity index (χ1n) is 6.50. The fourth-order valence-electron chi connectivity index (χ4n) is 2.45. The third-order valence-corrected chi connectivity index (χ3v) is 3.66. The number of likely N-dealkylation sites (N-methyl/N-ethyl adjacent to an activating group) is 1. The number of aryl methyl sites for hydroxylation is 1. The second kappa shape index (κ2) is 5.41. The van der Waals surface area contributed by atoms with Gasteiger partial charge in [0.1, 0.15) is 0 Å². The van der Waals surface area contributed by atoms with Crippen LogP contribution in [0.4, 0.5) is 11.4 Å². The van der Waals surface area contributed by atoms with Crippen molar-refractivity contribution < 1.29 is 0 Å². The first-order valence-corrected chi connectivity index (χ1v) is 6.50. The summed E-state index contributed by atoms with van der Waals surface area (Å²) in [5, 5.41) is 3.21. The predicted molar refractivity (Wildman–Crippen MR) is 75.1 cm³/mol. The van der Waals surface area contributed by atoms with E-state index in [0.717, 1.165) is 13.1 Å². The highest BCUT2D eigenvalue weighted by Crippen LogP contribution is 2.23. The van der Waals surface area contributed by atoms with Crippen molar-refractivity contribution in [3.05, 3.63) is 23.8 Å². The molecule has 1 aliphatic rings. The molecule has 0 spiro atoms. The summed E-state index contributed by atoms with van der Waals surface area (Å²) < 4.78 is 0. The molecule has 17 heavy (non-hydrogen) atoms. The monoisotopic (exact) mass is 233 g/mol. The van der Waals surface area contributed by atoms with E-state index in [1.54, 1.807) is 0 Å². The van der Waals surface area contributed by atoms with Crippen LogP contribution in [0.3, 0.4) is 0 Å². The lowest BCUT2D eigenvalue weighted by molar-refractivity contribution is 0.271. The molecule has 0 aliphatic carbocycles. The van der Waals surface area contributed by atoms with Gasteiger partial charge in [0.2, 0.25) is 0 Å². The lowest BCUT2D eigenvalue weighted by Gasteiger charge is -2.35. The molecule has 1 aromatic carbocycles. The number of piperazine rings is 1. The summed E-state index contributed by atoms with van der Waals surface area (Å²) in [6.45, 7) is 10.2. The minimum absolute atomic E-state index is 1.15. The molecule has 0 amide bonds. The van der Waals surface area contributed by atoms with Gasteiger partial charge >= 0.3 is 0 Å². The summed E-state index contributed by atoms with van der Waals surface area (Å²) in [6.07, 6.45) is 0. The summed E-state index contributed by atoms with van der Waals surface area (Å²) in [4.78, 5) is 4.99. The summed E-state index contributed by atoms with van der Waals surface area (Å²) in [7, 11) is 1.97. The Morgan fingerprint density at radius 2 is 1.88 bits per heavy atom. The highest BCUT2D eigenvalue weighted by Gasteiger charge is 2.15. The SMILES string of the molecule is CCN1CCN(c2ccc(NC)c(C)c2)CC1. The number of benzene rings is 1. The van der Waals surface area contributed by atoms with Crippen LogP contribution in [0.15, 0.2) is 18.2 Å². The molecule has 0 aromatic heterocycles. The van der Waals surface area contributed by atoms with Crippen LogP contribution in [0.25, 0.3) is 0 Å². The molecule has 0 unspecified atom stereocenters. The van der Waals surface area contributed by atoms with Crippen LogP contribution in [0, 0.1) is 6.92 Å². The lowest BCUT2D eigenvalue weighted by atomic mass is 10.1. The van der Waals surface area contributed by atoms with E-state index < -0.39 is 0 Å². The first kappa shape index (κ1) is 12.2. The molecule has 3 heteroatoms. The Morgan fingerprint density at radius 1 is 1.18 bits per heavy atom. The predicted octanol–water partition coefficient (Wildman–Crippen LogP) is 2.18. The van der Waals surface area contributed by atoms with Crippen molar-refractivity contribution in [1.82, 2.24) is 4.90 Å². The number of hydrogen-bond donors (Lipinski definition) is 1. The van der Waals surface area contributed by atoms with E-state index in [-0.39, 0.29) is 0 Å². The zero-order valence-electron chi connectivity index (χ0n) is 11.2. The second-order valence-electron chi connectivity index (χ2n) is 4.67. The van der Waals surface area contributed by atoms with Gasteiger partial charge in [-0.2, -0.15) is 0 Å². The Labute approximate surface area is 104 Å². The quantitative estimate of drug-likeness (QED) is 0.863. The largest absolute Gasteiger partial charge is 0.388 e. The number of rotatable bonds is 3. The van der Waals surface area contributed by atoms with Gasteiger partial charge in [-0.25, -0.2) is 0 Å². The standard InChI is InChI=1S/C14H23N3/c1-4-16-7-9-17(10-8-16)13-5-6-14(15-3)12(2)11-13/h5-6,11,15H,4,7-10H2,1-3H3. The summed E-state index contributed by atoms with van der Waals surface area (Å²) >= 11 is 0. The first-order chi connectivity index (χ1) is 8.24. The summed E-state index contributed by atoms with van der Waals surface area (Å²) in [6, 6.07) is 6.69. The van der Waals surface area contributed by atoms with E-state index >= 15 is 0 Å². The maximum absolute atomic E-state index is 3.21. The molecule has 0 atom stereocenters. The molecular formula is C14H23N3. The van der Waals surface area contributed by atoms with Crippen LogP contribution in [0.1, 0.15) is 12.5 Å². The Hall–Kier alpha value is -1.22. The van der Waals surface area contributed by atoms with Gasteiger partial charge < -0.3 is 15.1 Å². The number of nitrogens with one attached hydrogen (secondary N) is 1. The maximum Gasteiger partial charge on any atom is 0.0371 e. The molecule has 1 aliphatic heterocycles. The van der Waals surface area contributed by atoms with Gasteiger partial charge in [-0.05, 0) is 37.2 Å². The molecule has 0 bridgehead atoms. The lowest BCUT2D eigenvalue weighted by Crippen LogP contribution is -2.46. The van der Waals surface area contributed by atoms with Gasteiger partial charge in [-0.15, -0.1) is 0 Å². The Morgan fingerprint density at radius 3 is 2.41 bits per heavy atom. The number of nitrogens with zero attached hydrogens (tertiary/aromatic N) is 2. The molecule has 0 radical (unpaired) electrons. The zero-order valence-corrected chi connectivity index (χ0v) is 11.2. The van der Waals surface area contributed by atoms with Gasteiger partial charge in [-0.1, -0.05) is 6.92 Å². The van der Waals surface area contributed by atoms with Crippen molar-refractivity contribution in [2.24, 2.45) is 0 Å². The molecule has 1 aromatic rings. The van der Waals surface area contributed by atoms with Gasteiger partial charge in [-0.3, -0.25) is 0 Å². The summed E-state index contributed by atoms with van der Waals surface area (Å²) in [5.74, 6) is 0. The minimum Gasteiger partial charge on any atom is -0.388 e. The fraction of sp³-hybridized carbons (Fsp3) is 0.571. The zero-order chi connectivity index (χ0) is 12.3. The average Bonchev–Trinajstić information content (AvgIpc) is 2.39. The van der Waals surface area contributed by atoms with E-state index in [1.807, 2.05) is 7.05 Å². The van der Waals surface area contributed by atoms with Gasteiger partial charge in [0, 0.05) is 44.6 Å². The Kier molecular flexibility index (Phi) is 3.89. The number of anilines is 2. The molecule has 3 nitrogen and oxygen atoms in total. The molecule has 1 N–H and O–H groups in total. The fourth-order valence-corrected chi connectivity index (χ4v) is 2.45. The van der Waals surface area contributed by atoms with Crippen molar-refractivity contribution in [2.75, 3.05) is 50.0 Å². The van der Waals surface area contributed by atoms with Crippen LogP contribution in [0.2, 0.25) is 0 Å². The maximum atomic E-state index is 3.21. The van der Waals surface area contributed by atoms with E-state index in [4.69, 9.17) is 0 Å². The van der Waals surface area contributed by atoms with Crippen molar-refractivity contribution in [2.45, 2.75) is 13.8 Å². The van der Waals surface area contributed by atoms with Crippen molar-refractivity contribution in [3.8, 4) is 0 Å². The van der Waals surface area contributed by atoms with Crippen molar-refractivity contribution in [1.29, 1.82) is 0 Å². The van der Waals surface area contributed by atoms with E-state index in [1.165, 1.54) is 36.6 Å². The Bertz CT molecular complexity index is 368. The van der Waals surface area contributed by atoms with Crippen LogP contribution in [0.5, 0.6) is 0 Å².